The summed E-state index contributed by atoms with van der Waals surface area (Å²) in [6.07, 6.45) is 7.73. The van der Waals surface area contributed by atoms with Crippen LogP contribution in [0.5, 0.6) is 0 Å². The van der Waals surface area contributed by atoms with Crippen LogP contribution in [0.2, 0.25) is 0 Å². The predicted molar refractivity (Wildman–Crippen MR) is 60.6 cm³/mol. The van der Waals surface area contributed by atoms with E-state index >= 15 is 0 Å². The highest BCUT2D eigenvalue weighted by molar-refractivity contribution is 5.90. The van der Waals surface area contributed by atoms with Crippen LogP contribution in [0.3, 0.4) is 0 Å². The van der Waals surface area contributed by atoms with Gasteiger partial charge < -0.3 is 0 Å². The lowest BCUT2D eigenvalue weighted by Crippen LogP contribution is -2.21. The maximum absolute atomic E-state index is 11.3. The van der Waals surface area contributed by atoms with Crippen LogP contribution in [-0.2, 0) is 4.79 Å². The molecule has 0 aromatic heterocycles. The summed E-state index contributed by atoms with van der Waals surface area (Å²) < 4.78 is 0. The standard InChI is InChI=1S/C12H20N2O/c1-2-3-4-12(15)14-13-11-8-9-5-6-10(11)7-9/h9-10H,2-8H2,1H3,(H,14,15)/b13-11+. The van der Waals surface area contributed by atoms with E-state index in [0.29, 0.717) is 12.3 Å². The van der Waals surface area contributed by atoms with Gasteiger partial charge >= 0.3 is 0 Å². The SMILES string of the molecule is CCCCC(=O)N/N=C1\CC2CCC1C2. The van der Waals surface area contributed by atoms with Crippen LogP contribution in [0.25, 0.3) is 0 Å². The number of amides is 1. The van der Waals surface area contributed by atoms with E-state index in [0.717, 1.165) is 25.2 Å². The van der Waals surface area contributed by atoms with Crippen molar-refractivity contribution >= 4 is 11.6 Å². The number of nitrogens with one attached hydrogen (secondary N) is 1. The molecule has 1 amide bonds. The molecule has 2 aliphatic carbocycles. The fourth-order valence-electron chi connectivity index (χ4n) is 2.69. The Morgan fingerprint density at radius 2 is 2.40 bits per heavy atom. The summed E-state index contributed by atoms with van der Waals surface area (Å²) in [4.78, 5) is 11.3. The predicted octanol–water partition coefficient (Wildman–Crippen LogP) is 2.47. The van der Waals surface area contributed by atoms with E-state index < -0.39 is 0 Å². The summed E-state index contributed by atoms with van der Waals surface area (Å²) in [5.74, 6) is 1.62. The average Bonchev–Trinajstić information content (AvgIpc) is 2.84. The third-order valence-corrected chi connectivity index (χ3v) is 3.59. The molecule has 3 nitrogen and oxygen atoms in total. The summed E-state index contributed by atoms with van der Waals surface area (Å²) in [5.41, 5.74) is 3.94. The Balaban J connectivity index is 1.77. The average molecular weight is 208 g/mol. The van der Waals surface area contributed by atoms with Gasteiger partial charge in [0.1, 0.15) is 0 Å². The van der Waals surface area contributed by atoms with Gasteiger partial charge in [0, 0.05) is 12.1 Å². The highest BCUT2D eigenvalue weighted by atomic mass is 16.2. The molecule has 0 aliphatic heterocycles. The maximum atomic E-state index is 11.3. The fraction of sp³-hybridized carbons (Fsp3) is 0.833. The Labute approximate surface area is 91.3 Å². The maximum Gasteiger partial charge on any atom is 0.240 e. The molecule has 2 fully saturated rings. The lowest BCUT2D eigenvalue weighted by atomic mass is 9.99. The third kappa shape index (κ3) is 2.58. The number of carbonyl (C=O) groups is 1. The number of hydrazone groups is 1. The zero-order valence-corrected chi connectivity index (χ0v) is 9.46. The largest absolute Gasteiger partial charge is 0.273 e. The second-order valence-electron chi connectivity index (χ2n) is 4.82. The van der Waals surface area contributed by atoms with E-state index in [2.05, 4.69) is 17.5 Å². The molecule has 0 aromatic carbocycles. The topological polar surface area (TPSA) is 41.5 Å². The second kappa shape index (κ2) is 4.77. The fourth-order valence-corrected chi connectivity index (χ4v) is 2.69. The molecule has 0 heterocycles. The van der Waals surface area contributed by atoms with E-state index in [4.69, 9.17) is 0 Å². The minimum absolute atomic E-state index is 0.0760. The molecule has 0 spiro atoms. The molecule has 15 heavy (non-hydrogen) atoms. The Hall–Kier alpha value is -0.860. The van der Waals surface area contributed by atoms with Gasteiger partial charge in [0.25, 0.3) is 0 Å². The molecule has 2 atom stereocenters. The van der Waals surface area contributed by atoms with Crippen molar-refractivity contribution in [2.45, 2.75) is 51.9 Å². The number of fused-ring (bicyclic) bond motifs is 2. The molecular weight excluding hydrogens is 188 g/mol. The molecule has 2 rings (SSSR count). The number of hydrogen-bond acceptors (Lipinski definition) is 2. The van der Waals surface area contributed by atoms with E-state index in [1.165, 1.54) is 25.0 Å². The first-order chi connectivity index (χ1) is 7.29. The van der Waals surface area contributed by atoms with E-state index in [-0.39, 0.29) is 5.91 Å². The van der Waals surface area contributed by atoms with Crippen LogP contribution in [0, 0.1) is 11.8 Å². The van der Waals surface area contributed by atoms with Crippen molar-refractivity contribution in [2.75, 3.05) is 0 Å². The van der Waals surface area contributed by atoms with Crippen molar-refractivity contribution in [1.82, 2.24) is 5.43 Å². The van der Waals surface area contributed by atoms with Gasteiger partial charge in [-0.1, -0.05) is 13.3 Å². The van der Waals surface area contributed by atoms with E-state index in [1.807, 2.05) is 0 Å². The van der Waals surface area contributed by atoms with Gasteiger partial charge in [0.15, 0.2) is 0 Å². The Kier molecular flexibility index (Phi) is 3.39. The van der Waals surface area contributed by atoms with Crippen LogP contribution in [-0.4, -0.2) is 11.6 Å². The molecular formula is C12H20N2O. The summed E-state index contributed by atoms with van der Waals surface area (Å²) >= 11 is 0. The number of hydrogen-bond donors (Lipinski definition) is 1. The lowest BCUT2D eigenvalue weighted by molar-refractivity contribution is -0.121. The van der Waals surface area contributed by atoms with Gasteiger partial charge in [-0.3, -0.25) is 4.79 Å². The molecule has 0 saturated heterocycles. The van der Waals surface area contributed by atoms with Gasteiger partial charge in [-0.05, 0) is 43.9 Å². The van der Waals surface area contributed by atoms with Crippen LogP contribution < -0.4 is 5.43 Å². The van der Waals surface area contributed by atoms with Crippen LogP contribution in [0.4, 0.5) is 0 Å². The number of carbonyl (C=O) groups excluding carboxylic acids is 1. The molecule has 2 aliphatic rings. The van der Waals surface area contributed by atoms with Crippen molar-refractivity contribution in [3.63, 3.8) is 0 Å². The number of nitrogens with zero attached hydrogens (tertiary/aromatic N) is 1. The zero-order chi connectivity index (χ0) is 10.7. The van der Waals surface area contributed by atoms with Crippen molar-refractivity contribution in [3.05, 3.63) is 0 Å². The van der Waals surface area contributed by atoms with Gasteiger partial charge in [-0.2, -0.15) is 5.10 Å². The number of rotatable bonds is 4. The van der Waals surface area contributed by atoms with Crippen molar-refractivity contribution < 1.29 is 4.79 Å². The Morgan fingerprint density at radius 1 is 1.53 bits per heavy atom. The summed E-state index contributed by atoms with van der Waals surface area (Å²) in [6.45, 7) is 2.09. The zero-order valence-electron chi connectivity index (χ0n) is 9.46. The molecule has 0 radical (unpaired) electrons. The van der Waals surface area contributed by atoms with Gasteiger partial charge in [-0.15, -0.1) is 0 Å². The molecule has 1 N–H and O–H groups in total. The normalized spacial score (nSPS) is 31.1. The first kappa shape index (κ1) is 10.7. The molecule has 2 saturated carbocycles. The van der Waals surface area contributed by atoms with Crippen molar-refractivity contribution in [2.24, 2.45) is 16.9 Å². The highest BCUT2D eigenvalue weighted by Crippen LogP contribution is 2.42. The Morgan fingerprint density at radius 3 is 3.00 bits per heavy atom. The second-order valence-corrected chi connectivity index (χ2v) is 4.82. The van der Waals surface area contributed by atoms with E-state index in [1.54, 1.807) is 0 Å². The molecule has 2 bridgehead atoms. The first-order valence-electron chi connectivity index (χ1n) is 6.15. The summed E-state index contributed by atoms with van der Waals surface area (Å²) in [6, 6.07) is 0. The number of unbranched alkanes of at least 4 members (excludes halogenated alkanes) is 1. The van der Waals surface area contributed by atoms with Crippen LogP contribution in [0.1, 0.15) is 51.9 Å². The van der Waals surface area contributed by atoms with Crippen molar-refractivity contribution in [3.8, 4) is 0 Å². The summed E-state index contributed by atoms with van der Waals surface area (Å²) in [7, 11) is 0. The van der Waals surface area contributed by atoms with Crippen LogP contribution in [0.15, 0.2) is 5.10 Å². The van der Waals surface area contributed by atoms with Gasteiger partial charge in [0.2, 0.25) is 5.91 Å². The smallest absolute Gasteiger partial charge is 0.240 e. The Bertz CT molecular complexity index is 273. The van der Waals surface area contributed by atoms with Gasteiger partial charge in [0.05, 0.1) is 0 Å². The minimum Gasteiger partial charge on any atom is -0.273 e. The molecule has 3 heteroatoms. The lowest BCUT2D eigenvalue weighted by Gasteiger charge is -2.11. The monoisotopic (exact) mass is 208 g/mol. The summed E-state index contributed by atoms with van der Waals surface area (Å²) in [5, 5.41) is 4.28. The first-order valence-corrected chi connectivity index (χ1v) is 6.15. The minimum atomic E-state index is 0.0760. The van der Waals surface area contributed by atoms with Crippen LogP contribution >= 0.6 is 0 Å². The van der Waals surface area contributed by atoms with E-state index in [9.17, 15) is 4.79 Å². The molecule has 0 aromatic rings. The highest BCUT2D eigenvalue weighted by Gasteiger charge is 2.36. The molecule has 84 valence electrons. The third-order valence-electron chi connectivity index (χ3n) is 3.59. The van der Waals surface area contributed by atoms with Gasteiger partial charge in [-0.25, -0.2) is 5.43 Å². The van der Waals surface area contributed by atoms with Crippen molar-refractivity contribution in [1.29, 1.82) is 0 Å². The molecule has 2 unspecified atom stereocenters. The quantitative estimate of drug-likeness (QED) is 0.708.